The number of aliphatic carboxylic acids is 1. The Morgan fingerprint density at radius 1 is 1.00 bits per heavy atom. The highest BCUT2D eigenvalue weighted by Crippen LogP contribution is 2.44. The second-order valence-electron chi connectivity index (χ2n) is 10.1. The van der Waals surface area contributed by atoms with E-state index in [2.05, 4.69) is 29.6 Å². The number of carbonyl (C=O) groups excluding carboxylic acids is 2. The van der Waals surface area contributed by atoms with Gasteiger partial charge in [-0.1, -0.05) is 61.9 Å². The SMILES string of the molecule is CC1CCN(C(=O)CC2CCCC2NC(=O)OCC2c3ccccc3-c3ccccc32)C1C(=O)O. The van der Waals surface area contributed by atoms with Gasteiger partial charge in [-0.15, -0.1) is 0 Å². The zero-order valence-electron chi connectivity index (χ0n) is 20.0. The van der Waals surface area contributed by atoms with E-state index in [1.165, 1.54) is 27.2 Å². The second-order valence-corrected chi connectivity index (χ2v) is 10.1. The zero-order valence-corrected chi connectivity index (χ0v) is 20.0. The largest absolute Gasteiger partial charge is 0.480 e. The van der Waals surface area contributed by atoms with E-state index in [1.54, 1.807) is 0 Å². The molecule has 2 aromatic carbocycles. The average molecular weight is 477 g/mol. The predicted molar refractivity (Wildman–Crippen MR) is 131 cm³/mol. The van der Waals surface area contributed by atoms with Crippen LogP contribution >= 0.6 is 0 Å². The summed E-state index contributed by atoms with van der Waals surface area (Å²) in [4.78, 5) is 38.8. The molecule has 1 aliphatic heterocycles. The molecule has 1 heterocycles. The lowest BCUT2D eigenvalue weighted by molar-refractivity contribution is -0.149. The van der Waals surface area contributed by atoms with Crippen molar-refractivity contribution >= 4 is 18.0 Å². The molecule has 0 spiro atoms. The number of hydrogen-bond acceptors (Lipinski definition) is 4. The van der Waals surface area contributed by atoms with Gasteiger partial charge in [0.25, 0.3) is 0 Å². The van der Waals surface area contributed by atoms with Crippen LogP contribution in [0.2, 0.25) is 0 Å². The van der Waals surface area contributed by atoms with Crippen LogP contribution < -0.4 is 5.32 Å². The predicted octanol–water partition coefficient (Wildman–Crippen LogP) is 4.41. The van der Waals surface area contributed by atoms with Crippen LogP contribution in [0.25, 0.3) is 11.1 Å². The van der Waals surface area contributed by atoms with E-state index >= 15 is 0 Å². The fourth-order valence-corrected chi connectivity index (χ4v) is 6.21. The number of hydrogen-bond donors (Lipinski definition) is 2. The number of nitrogens with one attached hydrogen (secondary N) is 1. The standard InChI is InChI=1S/C28H32N2O5/c1-17-13-14-30(26(17)27(32)33)25(31)15-18-7-6-12-24(18)29-28(34)35-16-23-21-10-4-2-8-19(21)20-9-3-5-11-22(20)23/h2-5,8-11,17-18,23-24,26H,6-7,12-16H2,1H3,(H,29,34)(H,32,33). The van der Waals surface area contributed by atoms with Gasteiger partial charge in [0.05, 0.1) is 0 Å². The maximum atomic E-state index is 12.9. The Morgan fingerprint density at radius 2 is 1.66 bits per heavy atom. The number of fused-ring (bicyclic) bond motifs is 3. The van der Waals surface area contributed by atoms with Crippen LogP contribution in [0, 0.1) is 11.8 Å². The molecule has 1 saturated carbocycles. The molecule has 5 rings (SSSR count). The molecule has 7 heteroatoms. The number of benzene rings is 2. The van der Waals surface area contributed by atoms with Crippen molar-refractivity contribution in [1.82, 2.24) is 10.2 Å². The zero-order chi connectivity index (χ0) is 24.5. The van der Waals surface area contributed by atoms with Crippen molar-refractivity contribution in [2.45, 2.75) is 57.0 Å². The van der Waals surface area contributed by atoms with Crippen LogP contribution in [0.4, 0.5) is 4.79 Å². The topological polar surface area (TPSA) is 95.9 Å². The Hall–Kier alpha value is -3.35. The molecular formula is C28H32N2O5. The molecule has 2 fully saturated rings. The number of carbonyl (C=O) groups is 3. The van der Waals surface area contributed by atoms with Gasteiger partial charge in [-0.25, -0.2) is 9.59 Å². The minimum Gasteiger partial charge on any atom is -0.480 e. The number of alkyl carbamates (subject to hydrolysis) is 1. The third kappa shape index (κ3) is 4.51. The molecule has 1 saturated heterocycles. The van der Waals surface area contributed by atoms with Crippen LogP contribution in [0.1, 0.15) is 56.1 Å². The van der Waals surface area contributed by atoms with Gasteiger partial charge < -0.3 is 20.1 Å². The Bertz CT molecular complexity index is 1090. The van der Waals surface area contributed by atoms with Crippen molar-refractivity contribution in [2.24, 2.45) is 11.8 Å². The van der Waals surface area contributed by atoms with Gasteiger partial charge in [0.15, 0.2) is 0 Å². The molecule has 4 unspecified atom stereocenters. The fourth-order valence-electron chi connectivity index (χ4n) is 6.21. The summed E-state index contributed by atoms with van der Waals surface area (Å²) in [6, 6.07) is 15.5. The van der Waals surface area contributed by atoms with Gasteiger partial charge in [-0.05, 0) is 53.4 Å². The lowest BCUT2D eigenvalue weighted by Gasteiger charge is -2.27. The van der Waals surface area contributed by atoms with Crippen LogP contribution in [0.3, 0.4) is 0 Å². The van der Waals surface area contributed by atoms with Crippen molar-refractivity contribution in [1.29, 1.82) is 0 Å². The summed E-state index contributed by atoms with van der Waals surface area (Å²) in [6.07, 6.45) is 3.04. The van der Waals surface area contributed by atoms with E-state index in [9.17, 15) is 19.5 Å². The van der Waals surface area contributed by atoms with Crippen molar-refractivity contribution in [3.8, 4) is 11.1 Å². The molecule has 0 bridgehead atoms. The van der Waals surface area contributed by atoms with Gasteiger partial charge in [0, 0.05) is 24.9 Å². The van der Waals surface area contributed by atoms with E-state index in [-0.39, 0.29) is 42.7 Å². The molecule has 0 aromatic heterocycles. The molecule has 2 N–H and O–H groups in total. The molecule has 4 atom stereocenters. The Kier molecular flexibility index (Phi) is 6.50. The molecule has 0 radical (unpaired) electrons. The third-order valence-electron chi connectivity index (χ3n) is 8.02. The Labute approximate surface area is 205 Å². The Balaban J connectivity index is 1.18. The van der Waals surface area contributed by atoms with Gasteiger partial charge in [-0.2, -0.15) is 0 Å². The number of ether oxygens (including phenoxy) is 1. The number of likely N-dealkylation sites (tertiary alicyclic amines) is 1. The summed E-state index contributed by atoms with van der Waals surface area (Å²) in [5.74, 6) is -1.13. The number of carboxylic acid groups (broad SMARTS) is 1. The minimum atomic E-state index is -0.942. The first-order valence-electron chi connectivity index (χ1n) is 12.6. The molecule has 35 heavy (non-hydrogen) atoms. The summed E-state index contributed by atoms with van der Waals surface area (Å²) in [5, 5.41) is 12.5. The highest BCUT2D eigenvalue weighted by Gasteiger charge is 2.41. The molecule has 2 aliphatic carbocycles. The number of rotatable bonds is 6. The lowest BCUT2D eigenvalue weighted by Crippen LogP contribution is -2.45. The first-order chi connectivity index (χ1) is 16.9. The average Bonchev–Trinajstić information content (AvgIpc) is 3.53. The quantitative estimate of drug-likeness (QED) is 0.644. The van der Waals surface area contributed by atoms with E-state index in [0.717, 1.165) is 19.3 Å². The fraction of sp³-hybridized carbons (Fsp3) is 0.464. The normalized spacial score (nSPS) is 25.2. The van der Waals surface area contributed by atoms with E-state index in [0.29, 0.717) is 13.0 Å². The molecule has 3 aliphatic rings. The summed E-state index contributed by atoms with van der Waals surface area (Å²) < 4.78 is 5.69. The highest BCUT2D eigenvalue weighted by molar-refractivity contribution is 5.85. The monoisotopic (exact) mass is 476 g/mol. The summed E-state index contributed by atoms with van der Waals surface area (Å²) in [5.41, 5.74) is 4.70. The molecule has 2 amide bonds. The molecule has 2 aromatic rings. The summed E-state index contributed by atoms with van der Waals surface area (Å²) in [6.45, 7) is 2.61. The number of nitrogens with zero attached hydrogens (tertiary/aromatic N) is 1. The summed E-state index contributed by atoms with van der Waals surface area (Å²) >= 11 is 0. The molecule has 7 nitrogen and oxygen atoms in total. The lowest BCUT2D eigenvalue weighted by atomic mass is 9.97. The maximum absolute atomic E-state index is 12.9. The Morgan fingerprint density at radius 3 is 2.31 bits per heavy atom. The first-order valence-corrected chi connectivity index (χ1v) is 12.6. The smallest absolute Gasteiger partial charge is 0.407 e. The maximum Gasteiger partial charge on any atom is 0.407 e. The molecular weight excluding hydrogens is 444 g/mol. The summed E-state index contributed by atoms with van der Waals surface area (Å²) in [7, 11) is 0. The van der Waals surface area contributed by atoms with Crippen molar-refractivity contribution in [2.75, 3.05) is 13.2 Å². The van der Waals surface area contributed by atoms with E-state index in [4.69, 9.17) is 4.74 Å². The van der Waals surface area contributed by atoms with E-state index < -0.39 is 18.1 Å². The van der Waals surface area contributed by atoms with Crippen LogP contribution in [-0.4, -0.2) is 53.2 Å². The van der Waals surface area contributed by atoms with Crippen LogP contribution in [0.5, 0.6) is 0 Å². The van der Waals surface area contributed by atoms with Crippen molar-refractivity contribution in [3.05, 3.63) is 59.7 Å². The molecule has 184 valence electrons. The van der Waals surface area contributed by atoms with Crippen molar-refractivity contribution < 1.29 is 24.2 Å². The van der Waals surface area contributed by atoms with Gasteiger partial charge in [-0.3, -0.25) is 4.79 Å². The van der Waals surface area contributed by atoms with Gasteiger partial charge in [0.2, 0.25) is 5.91 Å². The van der Waals surface area contributed by atoms with E-state index in [1.807, 2.05) is 31.2 Å². The third-order valence-corrected chi connectivity index (χ3v) is 8.02. The number of carboxylic acids is 1. The highest BCUT2D eigenvalue weighted by atomic mass is 16.5. The minimum absolute atomic E-state index is 0.000730. The van der Waals surface area contributed by atoms with Gasteiger partial charge in [0.1, 0.15) is 12.6 Å². The van der Waals surface area contributed by atoms with Gasteiger partial charge >= 0.3 is 12.1 Å². The van der Waals surface area contributed by atoms with Crippen LogP contribution in [-0.2, 0) is 14.3 Å². The number of amides is 2. The van der Waals surface area contributed by atoms with Crippen molar-refractivity contribution in [3.63, 3.8) is 0 Å². The van der Waals surface area contributed by atoms with Crippen LogP contribution in [0.15, 0.2) is 48.5 Å². The first kappa shape index (κ1) is 23.4. The second kappa shape index (κ2) is 9.72.